The predicted octanol–water partition coefficient (Wildman–Crippen LogP) is 3.99. The smallest absolute Gasteiger partial charge is 0.337 e. The summed E-state index contributed by atoms with van der Waals surface area (Å²) in [6.45, 7) is 0. The van der Waals surface area contributed by atoms with Crippen LogP contribution in [0.25, 0.3) is 21.8 Å². The van der Waals surface area contributed by atoms with Gasteiger partial charge in [0.2, 0.25) is 0 Å². The molecular weight excluding hydrogens is 384 g/mol. The second-order valence-electron chi connectivity index (χ2n) is 5.84. The van der Waals surface area contributed by atoms with E-state index in [-0.39, 0.29) is 18.0 Å². The van der Waals surface area contributed by atoms with E-state index < -0.39 is 5.97 Å². The first kappa shape index (κ1) is 19.2. The van der Waals surface area contributed by atoms with Gasteiger partial charge < -0.3 is 24.9 Å². The molecule has 28 heavy (non-hydrogen) atoms. The highest BCUT2D eigenvalue weighted by Crippen LogP contribution is 2.34. The molecule has 3 N–H and O–H groups in total. The van der Waals surface area contributed by atoms with Crippen molar-refractivity contribution in [2.24, 2.45) is 0 Å². The molecule has 0 radical (unpaired) electrons. The molecule has 0 fully saturated rings. The molecule has 0 saturated carbocycles. The van der Waals surface area contributed by atoms with Gasteiger partial charge in [-0.2, -0.15) is 0 Å². The standard InChI is InChI=1S/C19H16N4O4.ClH/c1-26-16-6-12-15(7-17(16)27-2)21-9-22-18(12)23-10-3-4-14-11(5-10)13(8-20-14)19(24)25;/h3-9,20H,1-2H3,(H,24,25)(H,21,22,23);1H. The molecule has 0 saturated heterocycles. The second kappa shape index (κ2) is 7.61. The van der Waals surface area contributed by atoms with Crippen molar-refractivity contribution in [2.75, 3.05) is 19.5 Å². The molecule has 0 aliphatic heterocycles. The number of methoxy groups -OCH3 is 2. The Bertz CT molecular complexity index is 1180. The van der Waals surface area contributed by atoms with Gasteiger partial charge in [0.25, 0.3) is 0 Å². The summed E-state index contributed by atoms with van der Waals surface area (Å²) >= 11 is 0. The first-order valence-electron chi connectivity index (χ1n) is 8.09. The molecule has 0 unspecified atom stereocenters. The number of H-pyrrole nitrogens is 1. The van der Waals surface area contributed by atoms with E-state index in [0.717, 1.165) is 10.9 Å². The molecule has 144 valence electrons. The number of nitrogens with one attached hydrogen (secondary N) is 2. The van der Waals surface area contributed by atoms with Crippen LogP contribution in [0.3, 0.4) is 0 Å². The minimum absolute atomic E-state index is 0. The van der Waals surface area contributed by atoms with Crippen LogP contribution < -0.4 is 14.8 Å². The Kier molecular flexibility index (Phi) is 5.23. The molecule has 0 aliphatic rings. The summed E-state index contributed by atoms with van der Waals surface area (Å²) in [6, 6.07) is 9.01. The number of fused-ring (bicyclic) bond motifs is 2. The van der Waals surface area contributed by atoms with Gasteiger partial charge in [0.05, 0.1) is 25.3 Å². The van der Waals surface area contributed by atoms with Crippen LogP contribution in [-0.4, -0.2) is 40.2 Å². The summed E-state index contributed by atoms with van der Waals surface area (Å²) in [5.41, 5.74) is 2.36. The van der Waals surface area contributed by atoms with Crippen LogP contribution in [0.4, 0.5) is 11.5 Å². The molecule has 4 aromatic rings. The first-order chi connectivity index (χ1) is 13.1. The minimum atomic E-state index is -0.984. The number of aromatic amines is 1. The van der Waals surface area contributed by atoms with E-state index in [9.17, 15) is 9.90 Å². The molecule has 4 rings (SSSR count). The van der Waals surface area contributed by atoms with Crippen LogP contribution in [-0.2, 0) is 0 Å². The van der Waals surface area contributed by atoms with Crippen molar-refractivity contribution in [2.45, 2.75) is 0 Å². The highest BCUT2D eigenvalue weighted by atomic mass is 35.5. The van der Waals surface area contributed by atoms with Gasteiger partial charge in [-0.3, -0.25) is 0 Å². The highest BCUT2D eigenvalue weighted by Gasteiger charge is 2.13. The third kappa shape index (κ3) is 3.25. The molecule has 0 aliphatic carbocycles. The average molecular weight is 401 g/mol. The monoisotopic (exact) mass is 400 g/mol. The Balaban J connectivity index is 0.00000225. The summed E-state index contributed by atoms with van der Waals surface area (Å²) in [5, 5.41) is 13.9. The van der Waals surface area contributed by atoms with Crippen LogP contribution in [0.15, 0.2) is 42.9 Å². The molecule has 2 aromatic heterocycles. The zero-order chi connectivity index (χ0) is 19.0. The number of benzene rings is 2. The summed E-state index contributed by atoms with van der Waals surface area (Å²) in [6.07, 6.45) is 2.93. The summed E-state index contributed by atoms with van der Waals surface area (Å²) in [5.74, 6) is 0.738. The molecule has 2 heterocycles. The van der Waals surface area contributed by atoms with Crippen LogP contribution in [0.2, 0.25) is 0 Å². The van der Waals surface area contributed by atoms with E-state index >= 15 is 0 Å². The number of rotatable bonds is 5. The van der Waals surface area contributed by atoms with Crippen molar-refractivity contribution in [3.8, 4) is 11.5 Å². The average Bonchev–Trinajstić information content (AvgIpc) is 3.10. The van der Waals surface area contributed by atoms with Crippen LogP contribution in [0.1, 0.15) is 10.4 Å². The molecule has 0 bridgehead atoms. The van der Waals surface area contributed by atoms with Gasteiger partial charge in [-0.15, -0.1) is 12.4 Å². The number of aromatic nitrogens is 3. The zero-order valence-corrected chi connectivity index (χ0v) is 15.8. The minimum Gasteiger partial charge on any atom is -0.493 e. The van der Waals surface area contributed by atoms with E-state index in [4.69, 9.17) is 9.47 Å². The van der Waals surface area contributed by atoms with Crippen LogP contribution in [0.5, 0.6) is 11.5 Å². The number of hydrogen-bond donors (Lipinski definition) is 3. The molecule has 9 heteroatoms. The second-order valence-corrected chi connectivity index (χ2v) is 5.84. The van der Waals surface area contributed by atoms with Crippen LogP contribution >= 0.6 is 12.4 Å². The topological polar surface area (TPSA) is 109 Å². The van der Waals surface area contributed by atoms with E-state index in [1.165, 1.54) is 12.5 Å². The maximum Gasteiger partial charge on any atom is 0.337 e. The van der Waals surface area contributed by atoms with Gasteiger partial charge in [-0.1, -0.05) is 0 Å². The van der Waals surface area contributed by atoms with Gasteiger partial charge in [-0.25, -0.2) is 14.8 Å². The Hall–Kier alpha value is -3.52. The number of anilines is 2. The van der Waals surface area contributed by atoms with Crippen molar-refractivity contribution >= 4 is 51.7 Å². The maximum atomic E-state index is 11.4. The van der Waals surface area contributed by atoms with E-state index in [1.54, 1.807) is 32.4 Å². The normalized spacial score (nSPS) is 10.5. The van der Waals surface area contributed by atoms with Gasteiger partial charge in [-0.05, 0) is 24.3 Å². The number of ether oxygens (including phenoxy) is 2. The Labute approximate surface area is 165 Å². The predicted molar refractivity (Wildman–Crippen MR) is 108 cm³/mol. The van der Waals surface area contributed by atoms with Crippen molar-refractivity contribution < 1.29 is 19.4 Å². The fourth-order valence-corrected chi connectivity index (χ4v) is 2.99. The van der Waals surface area contributed by atoms with Gasteiger partial charge in [0.15, 0.2) is 11.5 Å². The maximum absolute atomic E-state index is 11.4. The zero-order valence-electron chi connectivity index (χ0n) is 15.0. The number of carbonyl (C=O) groups is 1. The number of halogens is 1. The lowest BCUT2D eigenvalue weighted by Gasteiger charge is -2.12. The third-order valence-electron chi connectivity index (χ3n) is 4.32. The quantitative estimate of drug-likeness (QED) is 0.464. The summed E-state index contributed by atoms with van der Waals surface area (Å²) < 4.78 is 10.7. The fraction of sp³-hybridized carbons (Fsp3) is 0.105. The van der Waals surface area contributed by atoms with E-state index in [1.807, 2.05) is 12.1 Å². The number of nitrogens with zero attached hydrogens (tertiary/aromatic N) is 2. The highest BCUT2D eigenvalue weighted by molar-refractivity contribution is 6.04. The molecule has 0 atom stereocenters. The number of carboxylic acids is 1. The number of aromatic carboxylic acids is 1. The number of carboxylic acid groups (broad SMARTS) is 1. The summed E-state index contributed by atoms with van der Waals surface area (Å²) in [4.78, 5) is 22.9. The lowest BCUT2D eigenvalue weighted by atomic mass is 10.1. The lowest BCUT2D eigenvalue weighted by molar-refractivity contribution is 0.0699. The molecule has 8 nitrogen and oxygen atoms in total. The lowest BCUT2D eigenvalue weighted by Crippen LogP contribution is -1.98. The fourth-order valence-electron chi connectivity index (χ4n) is 2.99. The SMILES string of the molecule is COc1cc2ncnc(Nc3ccc4[nH]cc(C(=O)O)c4c3)c2cc1OC.Cl. The summed E-state index contributed by atoms with van der Waals surface area (Å²) in [7, 11) is 3.13. The van der Waals surface area contributed by atoms with E-state index in [0.29, 0.717) is 33.9 Å². The van der Waals surface area contributed by atoms with Gasteiger partial charge >= 0.3 is 5.97 Å². The van der Waals surface area contributed by atoms with Gasteiger partial charge in [0.1, 0.15) is 12.1 Å². The Morgan fingerprint density at radius 2 is 1.82 bits per heavy atom. The molecule has 0 spiro atoms. The molecule has 2 aromatic carbocycles. The first-order valence-corrected chi connectivity index (χ1v) is 8.09. The van der Waals surface area contributed by atoms with Crippen molar-refractivity contribution in [1.29, 1.82) is 0 Å². The molecule has 0 amide bonds. The number of hydrogen-bond acceptors (Lipinski definition) is 6. The van der Waals surface area contributed by atoms with Crippen molar-refractivity contribution in [1.82, 2.24) is 15.0 Å². The van der Waals surface area contributed by atoms with Crippen molar-refractivity contribution in [3.63, 3.8) is 0 Å². The molecular formula is C19H17ClN4O4. The Morgan fingerprint density at radius 1 is 1.07 bits per heavy atom. The van der Waals surface area contributed by atoms with E-state index in [2.05, 4.69) is 20.3 Å². The van der Waals surface area contributed by atoms with Crippen LogP contribution in [0, 0.1) is 0 Å². The Morgan fingerprint density at radius 3 is 2.54 bits per heavy atom. The van der Waals surface area contributed by atoms with Crippen molar-refractivity contribution in [3.05, 3.63) is 48.4 Å². The van der Waals surface area contributed by atoms with Gasteiger partial charge in [0, 0.05) is 34.2 Å². The largest absolute Gasteiger partial charge is 0.493 e. The third-order valence-corrected chi connectivity index (χ3v) is 4.32.